The van der Waals surface area contributed by atoms with E-state index in [1.54, 1.807) is 0 Å². The summed E-state index contributed by atoms with van der Waals surface area (Å²) >= 11 is 0. The molecule has 18 heavy (non-hydrogen) atoms. The van der Waals surface area contributed by atoms with Crippen LogP contribution in [0.2, 0.25) is 0 Å². The van der Waals surface area contributed by atoms with Gasteiger partial charge in [0.2, 0.25) is 0 Å². The molecule has 0 spiro atoms. The SMILES string of the molecule is CC(C)(C)OC(=O)N/C(=C\C1CCCCC1)CO. The molecule has 1 fully saturated rings. The molecule has 1 aliphatic rings. The summed E-state index contributed by atoms with van der Waals surface area (Å²) in [4.78, 5) is 11.6. The lowest BCUT2D eigenvalue weighted by Gasteiger charge is -2.22. The van der Waals surface area contributed by atoms with Crippen molar-refractivity contribution in [3.8, 4) is 0 Å². The number of hydrogen-bond acceptors (Lipinski definition) is 3. The van der Waals surface area contributed by atoms with Crippen LogP contribution in [0.3, 0.4) is 0 Å². The lowest BCUT2D eigenvalue weighted by Crippen LogP contribution is -2.33. The predicted molar refractivity (Wildman–Crippen MR) is 71.1 cm³/mol. The minimum atomic E-state index is -0.518. The first-order chi connectivity index (χ1) is 8.40. The Morgan fingerprint density at radius 1 is 1.33 bits per heavy atom. The number of nitrogens with one attached hydrogen (secondary N) is 1. The largest absolute Gasteiger partial charge is 0.444 e. The highest BCUT2D eigenvalue weighted by molar-refractivity contribution is 5.70. The zero-order valence-corrected chi connectivity index (χ0v) is 11.7. The Labute approximate surface area is 109 Å². The molecule has 1 aliphatic carbocycles. The molecule has 1 saturated carbocycles. The quantitative estimate of drug-likeness (QED) is 0.815. The van der Waals surface area contributed by atoms with Gasteiger partial charge >= 0.3 is 6.09 Å². The summed E-state index contributed by atoms with van der Waals surface area (Å²) in [5.41, 5.74) is 0.0336. The van der Waals surface area contributed by atoms with E-state index in [0.717, 1.165) is 12.8 Å². The van der Waals surface area contributed by atoms with Gasteiger partial charge in [-0.25, -0.2) is 4.79 Å². The Morgan fingerprint density at radius 2 is 1.94 bits per heavy atom. The molecule has 0 saturated heterocycles. The summed E-state index contributed by atoms with van der Waals surface area (Å²) in [6.45, 7) is 5.29. The van der Waals surface area contributed by atoms with Crippen LogP contribution in [-0.4, -0.2) is 23.4 Å². The van der Waals surface area contributed by atoms with Crippen LogP contribution in [0.15, 0.2) is 11.8 Å². The maximum Gasteiger partial charge on any atom is 0.411 e. The van der Waals surface area contributed by atoms with Gasteiger partial charge in [0.15, 0.2) is 0 Å². The fourth-order valence-corrected chi connectivity index (χ4v) is 2.15. The van der Waals surface area contributed by atoms with E-state index in [1.165, 1.54) is 19.3 Å². The van der Waals surface area contributed by atoms with E-state index in [0.29, 0.717) is 11.6 Å². The molecular formula is C14H25NO3. The summed E-state index contributed by atoms with van der Waals surface area (Å²) < 4.78 is 5.16. The minimum absolute atomic E-state index is 0.157. The maximum atomic E-state index is 11.6. The van der Waals surface area contributed by atoms with Crippen molar-refractivity contribution in [2.75, 3.05) is 6.61 Å². The molecule has 0 radical (unpaired) electrons. The van der Waals surface area contributed by atoms with Gasteiger partial charge in [-0.15, -0.1) is 0 Å². The first kappa shape index (κ1) is 15.0. The molecule has 0 aromatic rings. The van der Waals surface area contributed by atoms with E-state index in [2.05, 4.69) is 5.32 Å². The van der Waals surface area contributed by atoms with Gasteiger partial charge in [-0.1, -0.05) is 25.3 Å². The number of amides is 1. The monoisotopic (exact) mass is 255 g/mol. The first-order valence-corrected chi connectivity index (χ1v) is 6.72. The molecule has 0 aromatic carbocycles. The van der Waals surface area contributed by atoms with Crippen molar-refractivity contribution < 1.29 is 14.6 Å². The van der Waals surface area contributed by atoms with Crippen LogP contribution in [-0.2, 0) is 4.74 Å². The zero-order chi connectivity index (χ0) is 13.6. The smallest absolute Gasteiger partial charge is 0.411 e. The lowest BCUT2D eigenvalue weighted by atomic mass is 9.89. The number of aliphatic hydroxyl groups is 1. The second kappa shape index (κ2) is 6.78. The van der Waals surface area contributed by atoms with Crippen molar-refractivity contribution in [2.24, 2.45) is 5.92 Å². The van der Waals surface area contributed by atoms with Gasteiger partial charge in [0.1, 0.15) is 5.60 Å². The van der Waals surface area contributed by atoms with Crippen molar-refractivity contribution in [1.29, 1.82) is 0 Å². The Balaban J connectivity index is 2.50. The molecule has 4 heteroatoms. The molecule has 104 valence electrons. The second-order valence-corrected chi connectivity index (χ2v) is 5.88. The summed E-state index contributed by atoms with van der Waals surface area (Å²) in [7, 11) is 0. The van der Waals surface area contributed by atoms with Crippen molar-refractivity contribution in [3.63, 3.8) is 0 Å². The fourth-order valence-electron chi connectivity index (χ4n) is 2.15. The molecule has 0 atom stereocenters. The van der Waals surface area contributed by atoms with E-state index in [1.807, 2.05) is 26.8 Å². The Hall–Kier alpha value is -1.03. The molecule has 1 amide bonds. The van der Waals surface area contributed by atoms with Crippen LogP contribution in [0.5, 0.6) is 0 Å². The number of rotatable bonds is 3. The van der Waals surface area contributed by atoms with E-state index >= 15 is 0 Å². The Bertz CT molecular complexity index is 299. The molecule has 0 heterocycles. The summed E-state index contributed by atoms with van der Waals surface area (Å²) in [5.74, 6) is 0.468. The summed E-state index contributed by atoms with van der Waals surface area (Å²) in [6, 6.07) is 0. The van der Waals surface area contributed by atoms with Crippen molar-refractivity contribution in [2.45, 2.75) is 58.5 Å². The Kier molecular flexibility index (Phi) is 5.66. The van der Waals surface area contributed by atoms with Gasteiger partial charge in [-0.2, -0.15) is 0 Å². The third kappa shape index (κ3) is 6.05. The molecule has 1 rings (SSSR count). The number of aliphatic hydroxyl groups excluding tert-OH is 1. The number of hydrogen-bond donors (Lipinski definition) is 2. The first-order valence-electron chi connectivity index (χ1n) is 6.72. The third-order valence-corrected chi connectivity index (χ3v) is 2.92. The van der Waals surface area contributed by atoms with Crippen LogP contribution < -0.4 is 5.32 Å². The Morgan fingerprint density at radius 3 is 2.44 bits per heavy atom. The molecule has 4 nitrogen and oxygen atoms in total. The normalized spacial score (nSPS) is 18.6. The number of alkyl carbamates (subject to hydrolysis) is 1. The number of allylic oxidation sites excluding steroid dienone is 1. The predicted octanol–water partition coefficient (Wildman–Crippen LogP) is 2.97. The second-order valence-electron chi connectivity index (χ2n) is 5.88. The van der Waals surface area contributed by atoms with Gasteiger partial charge in [-0.3, -0.25) is 5.32 Å². The minimum Gasteiger partial charge on any atom is -0.444 e. The third-order valence-electron chi connectivity index (χ3n) is 2.92. The van der Waals surface area contributed by atoms with Gasteiger partial charge in [0, 0.05) is 5.70 Å². The molecule has 0 bridgehead atoms. The van der Waals surface area contributed by atoms with Crippen molar-refractivity contribution in [3.05, 3.63) is 11.8 Å². The van der Waals surface area contributed by atoms with Crippen LogP contribution in [0.1, 0.15) is 52.9 Å². The number of carbonyl (C=O) groups excluding carboxylic acids is 1. The summed E-state index contributed by atoms with van der Waals surface area (Å²) in [5, 5.41) is 11.9. The van der Waals surface area contributed by atoms with Crippen LogP contribution >= 0.6 is 0 Å². The fraction of sp³-hybridized carbons (Fsp3) is 0.786. The number of carbonyl (C=O) groups is 1. The molecule has 0 unspecified atom stereocenters. The number of ether oxygens (including phenoxy) is 1. The lowest BCUT2D eigenvalue weighted by molar-refractivity contribution is 0.0538. The van der Waals surface area contributed by atoms with E-state index in [-0.39, 0.29) is 6.61 Å². The van der Waals surface area contributed by atoms with Gasteiger partial charge in [-0.05, 0) is 39.5 Å². The average Bonchev–Trinajstić information content (AvgIpc) is 2.27. The molecule has 2 N–H and O–H groups in total. The molecule has 0 aromatic heterocycles. The van der Waals surface area contributed by atoms with Crippen molar-refractivity contribution in [1.82, 2.24) is 5.32 Å². The highest BCUT2D eigenvalue weighted by Crippen LogP contribution is 2.25. The highest BCUT2D eigenvalue weighted by atomic mass is 16.6. The van der Waals surface area contributed by atoms with E-state index in [4.69, 9.17) is 4.74 Å². The van der Waals surface area contributed by atoms with Gasteiger partial charge in [0.05, 0.1) is 6.61 Å². The zero-order valence-electron chi connectivity index (χ0n) is 11.7. The summed E-state index contributed by atoms with van der Waals surface area (Å²) in [6.07, 6.45) is 7.50. The van der Waals surface area contributed by atoms with E-state index < -0.39 is 11.7 Å². The molecule has 0 aliphatic heterocycles. The van der Waals surface area contributed by atoms with E-state index in [9.17, 15) is 9.90 Å². The standard InChI is InChI=1S/C14H25NO3/c1-14(2,3)18-13(17)15-12(10-16)9-11-7-5-4-6-8-11/h9,11,16H,4-8,10H2,1-3H3,(H,15,17)/b12-9-. The topological polar surface area (TPSA) is 58.6 Å². The van der Waals surface area contributed by atoms with Crippen molar-refractivity contribution >= 4 is 6.09 Å². The van der Waals surface area contributed by atoms with Crippen LogP contribution in [0.4, 0.5) is 4.79 Å². The van der Waals surface area contributed by atoms with Crippen LogP contribution in [0, 0.1) is 5.92 Å². The highest BCUT2D eigenvalue weighted by Gasteiger charge is 2.18. The maximum absolute atomic E-state index is 11.6. The van der Waals surface area contributed by atoms with Crippen LogP contribution in [0.25, 0.3) is 0 Å². The average molecular weight is 255 g/mol. The van der Waals surface area contributed by atoms with Gasteiger partial charge < -0.3 is 9.84 Å². The van der Waals surface area contributed by atoms with Gasteiger partial charge in [0.25, 0.3) is 0 Å². The molecular weight excluding hydrogens is 230 g/mol.